The summed E-state index contributed by atoms with van der Waals surface area (Å²) in [5, 5.41) is 7.40. The van der Waals surface area contributed by atoms with Crippen molar-refractivity contribution in [2.45, 2.75) is 0 Å². The lowest BCUT2D eigenvalue weighted by Gasteiger charge is -2.11. The third kappa shape index (κ3) is 3.76. The highest BCUT2D eigenvalue weighted by atomic mass is 16.2. The minimum Gasteiger partial charge on any atom is -0.322 e. The first-order valence-electron chi connectivity index (χ1n) is 8.96. The summed E-state index contributed by atoms with van der Waals surface area (Å²) >= 11 is 0. The fourth-order valence-corrected chi connectivity index (χ4v) is 3.07. The number of fused-ring (bicyclic) bond motifs is 1. The molecule has 0 aromatic heterocycles. The molecule has 2 amide bonds. The van der Waals surface area contributed by atoms with Crippen LogP contribution in [0.25, 0.3) is 10.8 Å². The standard InChI is InChI=1S/C24H18N2O2/c27-23(25-19-10-3-1-4-11-19)18-15-17-9-7-8-14-21(17)22(16-18)24(28)26-20-12-5-2-6-13-20/h1-16H,(H,25,27)(H,26,28). The summed E-state index contributed by atoms with van der Waals surface area (Å²) in [6, 6.07) is 29.5. The number of para-hydroxylation sites is 2. The van der Waals surface area contributed by atoms with Crippen LogP contribution in [0.1, 0.15) is 20.7 Å². The molecule has 4 aromatic rings. The summed E-state index contributed by atoms with van der Waals surface area (Å²) in [6.45, 7) is 0. The molecule has 2 N–H and O–H groups in total. The zero-order valence-corrected chi connectivity index (χ0v) is 15.1. The molecule has 0 saturated carbocycles. The van der Waals surface area contributed by atoms with Crippen molar-refractivity contribution in [2.75, 3.05) is 10.6 Å². The molecule has 0 spiro atoms. The van der Waals surface area contributed by atoms with Crippen molar-refractivity contribution < 1.29 is 9.59 Å². The summed E-state index contributed by atoms with van der Waals surface area (Å²) in [5.41, 5.74) is 2.30. The number of anilines is 2. The van der Waals surface area contributed by atoms with Gasteiger partial charge in [0, 0.05) is 22.5 Å². The van der Waals surface area contributed by atoms with Crippen LogP contribution < -0.4 is 10.6 Å². The largest absolute Gasteiger partial charge is 0.322 e. The molecule has 0 unspecified atom stereocenters. The van der Waals surface area contributed by atoms with E-state index in [0.29, 0.717) is 22.5 Å². The van der Waals surface area contributed by atoms with Gasteiger partial charge in [-0.15, -0.1) is 0 Å². The van der Waals surface area contributed by atoms with Gasteiger partial charge in [0.1, 0.15) is 0 Å². The van der Waals surface area contributed by atoms with Crippen molar-refractivity contribution in [1.82, 2.24) is 0 Å². The minimum atomic E-state index is -0.259. The van der Waals surface area contributed by atoms with Gasteiger partial charge in [0.2, 0.25) is 0 Å². The van der Waals surface area contributed by atoms with Gasteiger partial charge in [0.05, 0.1) is 0 Å². The SMILES string of the molecule is O=C(Nc1ccccc1)c1cc(C(=O)Nc2ccccc2)c2ccccc2c1. The van der Waals surface area contributed by atoms with Crippen LogP contribution in [-0.2, 0) is 0 Å². The topological polar surface area (TPSA) is 58.2 Å². The number of carbonyl (C=O) groups is 2. The van der Waals surface area contributed by atoms with Crippen LogP contribution in [0.3, 0.4) is 0 Å². The molecule has 136 valence electrons. The smallest absolute Gasteiger partial charge is 0.256 e. The van der Waals surface area contributed by atoms with E-state index in [4.69, 9.17) is 0 Å². The first-order chi connectivity index (χ1) is 13.7. The molecule has 0 saturated heterocycles. The van der Waals surface area contributed by atoms with Crippen molar-refractivity contribution in [2.24, 2.45) is 0 Å². The molecule has 4 rings (SSSR count). The van der Waals surface area contributed by atoms with Crippen LogP contribution in [0.2, 0.25) is 0 Å². The van der Waals surface area contributed by atoms with Crippen molar-refractivity contribution in [3.63, 3.8) is 0 Å². The van der Waals surface area contributed by atoms with E-state index in [-0.39, 0.29) is 11.8 Å². The molecule has 0 radical (unpaired) electrons. The highest BCUT2D eigenvalue weighted by Gasteiger charge is 2.15. The first-order valence-corrected chi connectivity index (χ1v) is 8.96. The normalized spacial score (nSPS) is 10.4. The van der Waals surface area contributed by atoms with Crippen LogP contribution in [0.15, 0.2) is 97.1 Å². The second kappa shape index (κ2) is 7.76. The minimum absolute atomic E-state index is 0.253. The summed E-state index contributed by atoms with van der Waals surface area (Å²) in [6.07, 6.45) is 0. The van der Waals surface area contributed by atoms with Crippen LogP contribution in [0, 0.1) is 0 Å². The van der Waals surface area contributed by atoms with Crippen LogP contribution in [0.4, 0.5) is 11.4 Å². The zero-order valence-electron chi connectivity index (χ0n) is 15.1. The Morgan fingerprint density at radius 1 is 0.571 bits per heavy atom. The number of hydrogen-bond acceptors (Lipinski definition) is 2. The Kier molecular flexibility index (Phi) is 4.85. The number of carbonyl (C=O) groups excluding carboxylic acids is 2. The third-order valence-electron chi connectivity index (χ3n) is 4.43. The molecule has 28 heavy (non-hydrogen) atoms. The number of nitrogens with one attached hydrogen (secondary N) is 2. The van der Waals surface area contributed by atoms with Crippen molar-refractivity contribution in [1.29, 1.82) is 0 Å². The Morgan fingerprint density at radius 2 is 1.11 bits per heavy atom. The van der Waals surface area contributed by atoms with Gasteiger partial charge >= 0.3 is 0 Å². The number of rotatable bonds is 4. The van der Waals surface area contributed by atoms with E-state index in [1.54, 1.807) is 12.1 Å². The van der Waals surface area contributed by atoms with Gasteiger partial charge in [0.15, 0.2) is 0 Å². The van der Waals surface area contributed by atoms with Gasteiger partial charge in [-0.25, -0.2) is 0 Å². The van der Waals surface area contributed by atoms with Crippen LogP contribution >= 0.6 is 0 Å². The summed E-state index contributed by atoms with van der Waals surface area (Å²) in [4.78, 5) is 25.7. The van der Waals surface area contributed by atoms with E-state index >= 15 is 0 Å². The van der Waals surface area contributed by atoms with Gasteiger partial charge in [-0.05, 0) is 47.2 Å². The first kappa shape index (κ1) is 17.5. The molecule has 0 atom stereocenters. The Labute approximate surface area is 162 Å². The molecule has 4 nitrogen and oxygen atoms in total. The summed E-state index contributed by atoms with van der Waals surface area (Å²) in [5.74, 6) is -0.512. The molecule has 0 fully saturated rings. The van der Waals surface area contributed by atoms with Crippen molar-refractivity contribution >= 4 is 34.0 Å². The van der Waals surface area contributed by atoms with Crippen molar-refractivity contribution in [3.05, 3.63) is 108 Å². The van der Waals surface area contributed by atoms with Gasteiger partial charge in [-0.3, -0.25) is 9.59 Å². The maximum Gasteiger partial charge on any atom is 0.256 e. The predicted molar refractivity (Wildman–Crippen MR) is 113 cm³/mol. The fourth-order valence-electron chi connectivity index (χ4n) is 3.07. The van der Waals surface area contributed by atoms with E-state index in [1.807, 2.05) is 84.9 Å². The average Bonchev–Trinajstić information content (AvgIpc) is 2.74. The van der Waals surface area contributed by atoms with Crippen molar-refractivity contribution in [3.8, 4) is 0 Å². The monoisotopic (exact) mass is 366 g/mol. The molecule has 4 aromatic carbocycles. The van der Waals surface area contributed by atoms with Gasteiger partial charge in [-0.1, -0.05) is 60.7 Å². The van der Waals surface area contributed by atoms with E-state index in [1.165, 1.54) is 0 Å². The molecular weight excluding hydrogens is 348 g/mol. The quantitative estimate of drug-likeness (QED) is 0.512. The highest BCUT2D eigenvalue weighted by molar-refractivity contribution is 6.16. The van der Waals surface area contributed by atoms with Crippen LogP contribution in [0.5, 0.6) is 0 Å². The number of benzene rings is 4. The number of hydrogen-bond donors (Lipinski definition) is 2. The lowest BCUT2D eigenvalue weighted by molar-refractivity contribution is 0.102. The second-order valence-corrected chi connectivity index (χ2v) is 6.39. The van der Waals surface area contributed by atoms with Gasteiger partial charge in [0.25, 0.3) is 11.8 Å². The predicted octanol–water partition coefficient (Wildman–Crippen LogP) is 5.34. The summed E-state index contributed by atoms with van der Waals surface area (Å²) in [7, 11) is 0. The molecule has 0 aliphatic carbocycles. The lowest BCUT2D eigenvalue weighted by atomic mass is 9.99. The lowest BCUT2D eigenvalue weighted by Crippen LogP contribution is -2.16. The van der Waals surface area contributed by atoms with E-state index in [2.05, 4.69) is 10.6 Å². The average molecular weight is 366 g/mol. The maximum atomic E-state index is 12.9. The van der Waals surface area contributed by atoms with Gasteiger partial charge in [-0.2, -0.15) is 0 Å². The molecule has 4 heteroatoms. The molecular formula is C24H18N2O2. The number of amides is 2. The van der Waals surface area contributed by atoms with E-state index < -0.39 is 0 Å². The Balaban J connectivity index is 1.71. The molecule has 0 bridgehead atoms. The Hall–Kier alpha value is -3.92. The highest BCUT2D eigenvalue weighted by Crippen LogP contribution is 2.23. The molecule has 0 aliphatic heterocycles. The molecule has 0 aliphatic rings. The second-order valence-electron chi connectivity index (χ2n) is 6.39. The van der Waals surface area contributed by atoms with E-state index in [0.717, 1.165) is 10.8 Å². The zero-order chi connectivity index (χ0) is 19.3. The Bertz CT molecular complexity index is 1140. The third-order valence-corrected chi connectivity index (χ3v) is 4.43. The van der Waals surface area contributed by atoms with Crippen LogP contribution in [-0.4, -0.2) is 11.8 Å². The Morgan fingerprint density at radius 3 is 1.75 bits per heavy atom. The maximum absolute atomic E-state index is 12.9. The van der Waals surface area contributed by atoms with E-state index in [9.17, 15) is 9.59 Å². The summed E-state index contributed by atoms with van der Waals surface area (Å²) < 4.78 is 0. The molecule has 0 heterocycles. The van der Waals surface area contributed by atoms with Gasteiger partial charge < -0.3 is 10.6 Å². The fraction of sp³-hybridized carbons (Fsp3) is 0.